The summed E-state index contributed by atoms with van der Waals surface area (Å²) in [5.41, 5.74) is 8.60. The third-order valence-electron chi connectivity index (χ3n) is 2.99. The van der Waals surface area contributed by atoms with Gasteiger partial charge in [0.2, 0.25) is 5.91 Å². The second kappa shape index (κ2) is 5.89. The molecule has 0 aliphatic carbocycles. The number of amides is 1. The molecule has 2 rings (SSSR count). The zero-order valence-corrected chi connectivity index (χ0v) is 12.0. The highest BCUT2D eigenvalue weighted by Gasteiger charge is 2.06. The number of hydrogen-bond donors (Lipinski definition) is 2. The Labute approximate surface area is 117 Å². The van der Waals surface area contributed by atoms with Gasteiger partial charge in [0.05, 0.1) is 13.0 Å². The fourth-order valence-corrected chi connectivity index (χ4v) is 2.87. The van der Waals surface area contributed by atoms with E-state index < -0.39 is 0 Å². The molecule has 2 aromatic rings. The van der Waals surface area contributed by atoms with Crippen molar-refractivity contribution in [2.75, 3.05) is 5.73 Å². The van der Waals surface area contributed by atoms with Gasteiger partial charge in [-0.1, -0.05) is 12.1 Å². The maximum atomic E-state index is 11.8. The number of hydrogen-bond acceptors (Lipinski definition) is 3. The molecule has 19 heavy (non-hydrogen) atoms. The number of nitrogen functional groups attached to an aromatic ring is 1. The molecule has 0 atom stereocenters. The fourth-order valence-electron chi connectivity index (χ4n) is 1.87. The van der Waals surface area contributed by atoms with E-state index in [-0.39, 0.29) is 5.91 Å². The summed E-state index contributed by atoms with van der Waals surface area (Å²) in [7, 11) is 0. The first-order chi connectivity index (χ1) is 9.04. The van der Waals surface area contributed by atoms with Crippen LogP contribution in [0.5, 0.6) is 0 Å². The van der Waals surface area contributed by atoms with Gasteiger partial charge < -0.3 is 11.1 Å². The van der Waals surface area contributed by atoms with Crippen LogP contribution >= 0.6 is 11.3 Å². The van der Waals surface area contributed by atoms with Crippen molar-refractivity contribution in [2.24, 2.45) is 0 Å². The first-order valence-corrected chi connectivity index (χ1v) is 7.03. The van der Waals surface area contributed by atoms with E-state index in [4.69, 9.17) is 5.73 Å². The van der Waals surface area contributed by atoms with E-state index in [0.717, 1.165) is 5.56 Å². The zero-order valence-electron chi connectivity index (χ0n) is 11.2. The van der Waals surface area contributed by atoms with E-state index in [9.17, 15) is 4.79 Å². The van der Waals surface area contributed by atoms with E-state index >= 15 is 0 Å². The van der Waals surface area contributed by atoms with Crippen molar-refractivity contribution in [1.82, 2.24) is 5.32 Å². The van der Waals surface area contributed by atoms with E-state index in [2.05, 4.69) is 25.2 Å². The molecular weight excluding hydrogens is 256 g/mol. The minimum Gasteiger partial charge on any atom is -0.399 e. The number of carbonyl (C=O) groups excluding carboxylic acids is 1. The van der Waals surface area contributed by atoms with Crippen LogP contribution < -0.4 is 11.1 Å². The van der Waals surface area contributed by atoms with Crippen LogP contribution in [0.1, 0.15) is 20.9 Å². The predicted molar refractivity (Wildman–Crippen MR) is 80.2 cm³/mol. The zero-order chi connectivity index (χ0) is 13.8. The van der Waals surface area contributed by atoms with E-state index in [0.29, 0.717) is 18.7 Å². The third-order valence-corrected chi connectivity index (χ3v) is 4.15. The molecule has 0 saturated carbocycles. The standard InChI is InChI=1S/C15H18N2OS/c1-10-6-14(19-11(10)2)9-17-15(18)8-12-4-3-5-13(16)7-12/h3-7H,8-9,16H2,1-2H3,(H,17,18). The Hall–Kier alpha value is -1.81. The van der Waals surface area contributed by atoms with Crippen molar-refractivity contribution >= 4 is 22.9 Å². The summed E-state index contributed by atoms with van der Waals surface area (Å²) in [6, 6.07) is 9.55. The summed E-state index contributed by atoms with van der Waals surface area (Å²) in [4.78, 5) is 14.3. The first kappa shape index (κ1) is 13.6. The number of nitrogens with one attached hydrogen (secondary N) is 1. The molecule has 1 aromatic heterocycles. The highest BCUT2D eigenvalue weighted by atomic mass is 32.1. The Balaban J connectivity index is 1.88. The first-order valence-electron chi connectivity index (χ1n) is 6.21. The van der Waals surface area contributed by atoms with Gasteiger partial charge in [-0.2, -0.15) is 0 Å². The molecule has 0 saturated heterocycles. The maximum absolute atomic E-state index is 11.8. The largest absolute Gasteiger partial charge is 0.399 e. The summed E-state index contributed by atoms with van der Waals surface area (Å²) in [5.74, 6) is 0.0225. The van der Waals surface area contributed by atoms with Gasteiger partial charge in [-0.05, 0) is 43.2 Å². The van der Waals surface area contributed by atoms with E-state index in [1.54, 1.807) is 11.3 Å². The van der Waals surface area contributed by atoms with Gasteiger partial charge in [0.25, 0.3) is 0 Å². The maximum Gasteiger partial charge on any atom is 0.224 e. The number of thiophene rings is 1. The highest BCUT2D eigenvalue weighted by Crippen LogP contribution is 2.20. The number of nitrogens with two attached hydrogens (primary N) is 1. The smallest absolute Gasteiger partial charge is 0.224 e. The van der Waals surface area contributed by atoms with Crippen LogP contribution in [0.15, 0.2) is 30.3 Å². The molecule has 3 nitrogen and oxygen atoms in total. The van der Waals surface area contributed by atoms with Gasteiger partial charge in [0, 0.05) is 15.4 Å². The molecule has 0 fully saturated rings. The molecule has 0 radical (unpaired) electrons. The van der Waals surface area contributed by atoms with E-state index in [1.165, 1.54) is 15.3 Å². The van der Waals surface area contributed by atoms with Crippen LogP contribution in [-0.4, -0.2) is 5.91 Å². The molecule has 1 heterocycles. The Morgan fingerprint density at radius 1 is 1.32 bits per heavy atom. The normalized spacial score (nSPS) is 10.4. The monoisotopic (exact) mass is 274 g/mol. The molecule has 0 aliphatic rings. The molecule has 0 spiro atoms. The van der Waals surface area contributed by atoms with Gasteiger partial charge in [-0.3, -0.25) is 4.79 Å². The molecule has 0 aliphatic heterocycles. The lowest BCUT2D eigenvalue weighted by Gasteiger charge is -2.04. The molecule has 0 unspecified atom stereocenters. The van der Waals surface area contributed by atoms with Crippen molar-refractivity contribution in [1.29, 1.82) is 0 Å². The molecular formula is C15H18N2OS. The van der Waals surface area contributed by atoms with Crippen LogP contribution in [0.3, 0.4) is 0 Å². The molecule has 0 bridgehead atoms. The second-order valence-electron chi connectivity index (χ2n) is 4.65. The summed E-state index contributed by atoms with van der Waals surface area (Å²) in [6.45, 7) is 4.78. The average Bonchev–Trinajstić information content (AvgIpc) is 2.66. The predicted octanol–water partition coefficient (Wildman–Crippen LogP) is 2.81. The van der Waals surface area contributed by atoms with Crippen LogP contribution in [-0.2, 0) is 17.8 Å². The lowest BCUT2D eigenvalue weighted by atomic mass is 10.1. The van der Waals surface area contributed by atoms with Gasteiger partial charge in [-0.25, -0.2) is 0 Å². The Morgan fingerprint density at radius 3 is 2.74 bits per heavy atom. The fraction of sp³-hybridized carbons (Fsp3) is 0.267. The van der Waals surface area contributed by atoms with Crippen LogP contribution in [0.4, 0.5) is 5.69 Å². The van der Waals surface area contributed by atoms with Crippen molar-refractivity contribution in [2.45, 2.75) is 26.8 Å². The Morgan fingerprint density at radius 2 is 2.11 bits per heavy atom. The molecule has 4 heteroatoms. The Kier molecular flexibility index (Phi) is 4.22. The molecule has 1 aromatic carbocycles. The van der Waals surface area contributed by atoms with Gasteiger partial charge in [0.1, 0.15) is 0 Å². The van der Waals surface area contributed by atoms with Gasteiger partial charge in [-0.15, -0.1) is 11.3 Å². The van der Waals surface area contributed by atoms with Crippen molar-refractivity contribution in [3.8, 4) is 0 Å². The average molecular weight is 274 g/mol. The van der Waals surface area contributed by atoms with Gasteiger partial charge >= 0.3 is 0 Å². The molecule has 3 N–H and O–H groups in total. The van der Waals surface area contributed by atoms with Crippen molar-refractivity contribution in [3.63, 3.8) is 0 Å². The minimum atomic E-state index is 0.0225. The number of aryl methyl sites for hydroxylation is 2. The summed E-state index contributed by atoms with van der Waals surface area (Å²) in [5, 5.41) is 2.94. The summed E-state index contributed by atoms with van der Waals surface area (Å²) < 4.78 is 0. The molecule has 100 valence electrons. The highest BCUT2D eigenvalue weighted by molar-refractivity contribution is 7.12. The summed E-state index contributed by atoms with van der Waals surface area (Å²) >= 11 is 1.73. The number of carbonyl (C=O) groups is 1. The lowest BCUT2D eigenvalue weighted by Crippen LogP contribution is -2.24. The molecule has 1 amide bonds. The Bertz CT molecular complexity index is 570. The quantitative estimate of drug-likeness (QED) is 0.842. The second-order valence-corrected chi connectivity index (χ2v) is 5.99. The lowest BCUT2D eigenvalue weighted by molar-refractivity contribution is -0.120. The number of anilines is 1. The van der Waals surface area contributed by atoms with Crippen LogP contribution in [0.2, 0.25) is 0 Å². The van der Waals surface area contributed by atoms with Crippen molar-refractivity contribution < 1.29 is 4.79 Å². The summed E-state index contributed by atoms with van der Waals surface area (Å²) in [6.07, 6.45) is 0.369. The van der Waals surface area contributed by atoms with Crippen LogP contribution in [0, 0.1) is 13.8 Å². The van der Waals surface area contributed by atoms with E-state index in [1.807, 2.05) is 24.3 Å². The SMILES string of the molecule is Cc1cc(CNC(=O)Cc2cccc(N)c2)sc1C. The van der Waals surface area contributed by atoms with Crippen LogP contribution in [0.25, 0.3) is 0 Å². The minimum absolute atomic E-state index is 0.0225. The van der Waals surface area contributed by atoms with Gasteiger partial charge in [0.15, 0.2) is 0 Å². The third kappa shape index (κ3) is 3.83. The topological polar surface area (TPSA) is 55.1 Å². The number of rotatable bonds is 4. The van der Waals surface area contributed by atoms with Crippen molar-refractivity contribution in [3.05, 3.63) is 51.2 Å². The number of benzene rings is 1.